The third-order valence-electron chi connectivity index (χ3n) is 7.16. The van der Waals surface area contributed by atoms with E-state index in [1.165, 1.54) is 22.9 Å². The summed E-state index contributed by atoms with van der Waals surface area (Å²) in [6.07, 6.45) is 2.86. The van der Waals surface area contributed by atoms with Crippen LogP contribution in [-0.4, -0.2) is 67.1 Å². The van der Waals surface area contributed by atoms with Crippen molar-refractivity contribution < 1.29 is 23.1 Å². The number of amides is 1. The summed E-state index contributed by atoms with van der Waals surface area (Å²) in [6, 6.07) is 11.0. The number of hydrogen-bond donors (Lipinski definition) is 4. The van der Waals surface area contributed by atoms with Crippen molar-refractivity contribution >= 4 is 38.4 Å². The Labute approximate surface area is 224 Å². The molecule has 204 valence electrons. The van der Waals surface area contributed by atoms with Gasteiger partial charge in [0.05, 0.1) is 11.2 Å². The topological polar surface area (TPSA) is 168 Å². The van der Waals surface area contributed by atoms with Crippen LogP contribution in [0.1, 0.15) is 24.8 Å². The highest BCUT2D eigenvalue weighted by molar-refractivity contribution is 7.90. The number of nitrogens with two attached hydrogens (primary N) is 1. The molecule has 1 unspecified atom stereocenters. The summed E-state index contributed by atoms with van der Waals surface area (Å²) in [5.74, 6) is -0.253. The number of ether oxygens (including phenoxy) is 1. The van der Waals surface area contributed by atoms with Crippen molar-refractivity contribution in [3.8, 4) is 11.5 Å². The average molecular weight is 553 g/mol. The number of hydrogen-bond acceptors (Lipinski definition) is 9. The lowest BCUT2D eigenvalue weighted by molar-refractivity contribution is -0.132. The lowest BCUT2D eigenvalue weighted by Gasteiger charge is -2.21. The maximum atomic E-state index is 13.6. The Kier molecular flexibility index (Phi) is 6.19. The van der Waals surface area contributed by atoms with Crippen molar-refractivity contribution in [2.75, 3.05) is 37.0 Å². The van der Waals surface area contributed by atoms with Crippen LogP contribution in [0.3, 0.4) is 0 Å². The molecule has 5 N–H and O–H groups in total. The fourth-order valence-electron chi connectivity index (χ4n) is 4.83. The van der Waals surface area contributed by atoms with Crippen molar-refractivity contribution in [1.82, 2.24) is 9.58 Å². The molecule has 1 atom stereocenters. The van der Waals surface area contributed by atoms with Gasteiger partial charge >= 0.3 is 0 Å². The Balaban J connectivity index is 1.31. The van der Waals surface area contributed by atoms with Crippen LogP contribution in [0.5, 0.6) is 11.5 Å². The minimum Gasteiger partial charge on any atom is -0.506 e. The van der Waals surface area contributed by atoms with Gasteiger partial charge in [0.1, 0.15) is 22.0 Å². The van der Waals surface area contributed by atoms with Gasteiger partial charge in [-0.2, -0.15) is 8.42 Å². The molecular weight excluding hydrogens is 524 g/mol. The summed E-state index contributed by atoms with van der Waals surface area (Å²) in [5.41, 5.74) is 8.71. The van der Waals surface area contributed by atoms with Crippen LogP contribution in [0.2, 0.25) is 0 Å². The number of fused-ring (bicyclic) bond motifs is 2. The summed E-state index contributed by atoms with van der Waals surface area (Å²) in [4.78, 5) is 27.4. The highest BCUT2D eigenvalue weighted by atomic mass is 32.2. The molecule has 2 aliphatic heterocycles. The van der Waals surface area contributed by atoms with Crippen LogP contribution in [0.4, 0.5) is 5.69 Å². The van der Waals surface area contributed by atoms with E-state index in [1.807, 2.05) is 0 Å². The second kappa shape index (κ2) is 9.58. The molecule has 12 nitrogen and oxygen atoms in total. The maximum absolute atomic E-state index is 13.6. The van der Waals surface area contributed by atoms with Crippen molar-refractivity contribution in [1.29, 1.82) is 0 Å². The standard InChI is InChI=1S/C26H28N6O6S/c27-16-9-10-31(13-16)22(33)14-38-17-7-8-19-21(11-17)39(36,37)30-25(29-19)23-24(34)18-3-1-2-4-20(18)32(26(23)35)28-12-15-5-6-15/h1-4,7-8,11,15-16,28,34H,5-6,9-10,12-14,27H2,(H,29,30). The number of aromatic nitrogens is 1. The lowest BCUT2D eigenvalue weighted by Crippen LogP contribution is -2.37. The molecule has 1 amide bonds. The minimum absolute atomic E-state index is 0.0545. The van der Waals surface area contributed by atoms with E-state index in [-0.39, 0.29) is 52.0 Å². The van der Waals surface area contributed by atoms with E-state index in [9.17, 15) is 23.1 Å². The van der Waals surface area contributed by atoms with Crippen molar-refractivity contribution in [3.63, 3.8) is 0 Å². The van der Waals surface area contributed by atoms with Crippen LogP contribution in [-0.2, 0) is 14.8 Å². The van der Waals surface area contributed by atoms with Crippen molar-refractivity contribution in [2.24, 2.45) is 16.0 Å². The van der Waals surface area contributed by atoms with Gasteiger partial charge in [-0.3, -0.25) is 9.59 Å². The van der Waals surface area contributed by atoms with Crippen LogP contribution < -0.4 is 26.8 Å². The van der Waals surface area contributed by atoms with E-state index in [1.54, 1.807) is 29.2 Å². The molecule has 3 aromatic rings. The first-order valence-corrected chi connectivity index (χ1v) is 14.2. The molecule has 2 aromatic carbocycles. The zero-order chi connectivity index (χ0) is 27.3. The smallest absolute Gasteiger partial charge is 0.286 e. The zero-order valence-corrected chi connectivity index (χ0v) is 21.8. The minimum atomic E-state index is -4.28. The van der Waals surface area contributed by atoms with Gasteiger partial charge in [0, 0.05) is 37.1 Å². The molecule has 6 rings (SSSR count). The summed E-state index contributed by atoms with van der Waals surface area (Å²) in [6.45, 7) is 1.33. The van der Waals surface area contributed by atoms with Crippen molar-refractivity contribution in [2.45, 2.75) is 30.2 Å². The monoisotopic (exact) mass is 552 g/mol. The van der Waals surface area contributed by atoms with E-state index in [0.29, 0.717) is 36.5 Å². The second-order valence-corrected chi connectivity index (χ2v) is 11.6. The number of sulfonamides is 1. The van der Waals surface area contributed by atoms with Gasteiger partial charge in [-0.15, -0.1) is 4.40 Å². The number of amidine groups is 1. The predicted octanol–water partition coefficient (Wildman–Crippen LogP) is 1.16. The first-order valence-electron chi connectivity index (χ1n) is 12.7. The Morgan fingerprint density at radius 3 is 2.74 bits per heavy atom. The predicted molar refractivity (Wildman–Crippen MR) is 145 cm³/mol. The number of carbonyl (C=O) groups is 1. The van der Waals surface area contributed by atoms with Crippen LogP contribution >= 0.6 is 0 Å². The van der Waals surface area contributed by atoms with Gasteiger partial charge in [-0.05, 0) is 49.4 Å². The highest BCUT2D eigenvalue weighted by Gasteiger charge is 2.31. The van der Waals surface area contributed by atoms with E-state index in [2.05, 4.69) is 15.1 Å². The average Bonchev–Trinajstić information content (AvgIpc) is 3.64. The van der Waals surface area contributed by atoms with E-state index >= 15 is 0 Å². The molecule has 1 aromatic heterocycles. The van der Waals surface area contributed by atoms with E-state index < -0.39 is 15.6 Å². The number of aromatic hydroxyl groups is 1. The zero-order valence-electron chi connectivity index (χ0n) is 21.0. The molecule has 0 spiro atoms. The molecule has 0 radical (unpaired) electrons. The van der Waals surface area contributed by atoms with Gasteiger partial charge in [0.2, 0.25) is 0 Å². The van der Waals surface area contributed by atoms with E-state index in [4.69, 9.17) is 10.5 Å². The molecule has 1 saturated carbocycles. The Hall–Kier alpha value is -4.10. The number of carbonyl (C=O) groups excluding carboxylic acids is 1. The van der Waals surface area contributed by atoms with Crippen molar-refractivity contribution in [3.05, 3.63) is 58.4 Å². The largest absolute Gasteiger partial charge is 0.506 e. The quantitative estimate of drug-likeness (QED) is 0.336. The molecular formula is C26H28N6O6S. The number of nitrogens with one attached hydrogen (secondary N) is 2. The van der Waals surface area contributed by atoms with Gasteiger partial charge < -0.3 is 31.2 Å². The first-order chi connectivity index (χ1) is 18.7. The van der Waals surface area contributed by atoms with Gasteiger partial charge in [-0.1, -0.05) is 12.1 Å². The summed E-state index contributed by atoms with van der Waals surface area (Å²) < 4.78 is 37.2. The fourth-order valence-corrected chi connectivity index (χ4v) is 5.96. The Morgan fingerprint density at radius 2 is 2.00 bits per heavy atom. The molecule has 3 aliphatic rings. The Bertz CT molecular complexity index is 1680. The summed E-state index contributed by atoms with van der Waals surface area (Å²) in [7, 11) is -4.28. The molecule has 1 saturated heterocycles. The van der Waals surface area contributed by atoms with Gasteiger partial charge in [0.25, 0.3) is 21.5 Å². The molecule has 2 fully saturated rings. The SMILES string of the molecule is NC1CCN(C(=O)COc2ccc3c(c2)S(=O)(=O)N=C(c2c(O)c4ccccc4n(NCC4CC4)c2=O)N3)C1. The molecule has 1 aliphatic carbocycles. The fraction of sp³-hybridized carbons (Fsp3) is 0.346. The second-order valence-electron chi connectivity index (χ2n) is 10.1. The normalized spacial score (nSPS) is 19.8. The Morgan fingerprint density at radius 1 is 1.21 bits per heavy atom. The van der Waals surface area contributed by atoms with E-state index in [0.717, 1.165) is 19.3 Å². The number of anilines is 1. The number of rotatable bonds is 7. The molecule has 13 heteroatoms. The van der Waals surface area contributed by atoms with Gasteiger partial charge in [-0.25, -0.2) is 4.68 Å². The number of benzene rings is 2. The third-order valence-corrected chi connectivity index (χ3v) is 8.48. The van der Waals surface area contributed by atoms with Crippen LogP contribution in [0.15, 0.2) is 56.6 Å². The highest BCUT2D eigenvalue weighted by Crippen LogP contribution is 2.34. The summed E-state index contributed by atoms with van der Waals surface area (Å²) >= 11 is 0. The number of pyridine rings is 1. The lowest BCUT2D eigenvalue weighted by atomic mass is 10.1. The maximum Gasteiger partial charge on any atom is 0.286 e. The third kappa shape index (κ3) is 4.79. The molecule has 0 bridgehead atoms. The van der Waals surface area contributed by atoms with Crippen LogP contribution in [0, 0.1) is 5.92 Å². The number of para-hydroxylation sites is 1. The molecule has 3 heterocycles. The first kappa shape index (κ1) is 25.2. The molecule has 39 heavy (non-hydrogen) atoms. The van der Waals surface area contributed by atoms with Gasteiger partial charge in [0.15, 0.2) is 12.4 Å². The summed E-state index contributed by atoms with van der Waals surface area (Å²) in [5, 5.41) is 14.3. The number of likely N-dealkylation sites (tertiary alicyclic amines) is 1. The number of nitrogens with zero attached hydrogens (tertiary/aromatic N) is 3. The van der Waals surface area contributed by atoms with Crippen LogP contribution in [0.25, 0.3) is 10.9 Å².